The molecule has 16 atom stereocenters. The van der Waals surface area contributed by atoms with Gasteiger partial charge in [-0.1, -0.05) is 79.2 Å². The highest BCUT2D eigenvalue weighted by atomic mass is 16.7. The lowest BCUT2D eigenvalue weighted by molar-refractivity contribution is -0.341. The monoisotopic (exact) mass is 1000 g/mol. The van der Waals surface area contributed by atoms with E-state index in [2.05, 4.69) is 5.32 Å². The predicted octanol–water partition coefficient (Wildman–Crippen LogP) is 1.17. The number of esters is 4. The number of nitrogens with one attached hydrogen (secondary N) is 1. The SMILES string of the molecule is CC(=O)O[C@@]12CO[C@@H]1C[C@@H](OC(=O)COC1OC(CO)C(O)C(O)C1O)[C@@]1(C)C(=O)[C@H](C)C3=C(C)C(OC(=O)[C@H](O)[C@@H](NC(=O)c4ccccc4)c4ccccc4)C[C@](O)(C3)[C@@H](OC(=O)c3ccccc3)C12. The Morgan fingerprint density at radius 1 is 0.861 bits per heavy atom. The maximum atomic E-state index is 15.7. The Hall–Kier alpha value is -5.94. The van der Waals surface area contributed by atoms with Crippen LogP contribution in [0.4, 0.5) is 0 Å². The largest absolute Gasteiger partial charge is 0.459 e. The molecular formula is C52H59NO19. The molecule has 0 spiro atoms. The van der Waals surface area contributed by atoms with Gasteiger partial charge in [0.25, 0.3) is 5.91 Å². The van der Waals surface area contributed by atoms with Crippen LogP contribution in [0, 0.1) is 17.3 Å². The van der Waals surface area contributed by atoms with Crippen molar-refractivity contribution in [3.8, 4) is 0 Å². The second kappa shape index (κ2) is 20.9. The van der Waals surface area contributed by atoms with Crippen molar-refractivity contribution in [1.82, 2.24) is 5.32 Å². The van der Waals surface area contributed by atoms with Gasteiger partial charge in [0.2, 0.25) is 0 Å². The number of fused-ring (bicyclic) bond motifs is 5. The van der Waals surface area contributed by atoms with E-state index >= 15 is 4.79 Å². The Balaban J connectivity index is 1.18. The molecule has 2 heterocycles. The minimum atomic E-state index is -2.28. The molecule has 5 aliphatic rings. The molecule has 7 unspecified atom stereocenters. The van der Waals surface area contributed by atoms with E-state index in [4.69, 9.17) is 33.2 Å². The van der Waals surface area contributed by atoms with E-state index in [9.17, 15) is 54.6 Å². The van der Waals surface area contributed by atoms with Crippen molar-refractivity contribution in [2.75, 3.05) is 19.8 Å². The van der Waals surface area contributed by atoms with Crippen LogP contribution < -0.4 is 5.32 Å². The third-order valence-corrected chi connectivity index (χ3v) is 15.0. The number of ketones is 1. The molecule has 3 aromatic carbocycles. The van der Waals surface area contributed by atoms with Crippen molar-refractivity contribution in [2.24, 2.45) is 17.3 Å². The van der Waals surface area contributed by atoms with Crippen LogP contribution in [0.2, 0.25) is 0 Å². The second-order valence-corrected chi connectivity index (χ2v) is 19.4. The molecule has 20 nitrogen and oxygen atoms in total. The molecule has 2 aliphatic heterocycles. The number of hydrogen-bond acceptors (Lipinski definition) is 19. The molecule has 2 saturated heterocycles. The minimum absolute atomic E-state index is 0.0370. The molecule has 386 valence electrons. The van der Waals surface area contributed by atoms with Gasteiger partial charge >= 0.3 is 23.9 Å². The molecule has 3 aromatic rings. The smallest absolute Gasteiger partial charge is 0.338 e. The summed E-state index contributed by atoms with van der Waals surface area (Å²) in [5.41, 5.74) is -4.85. The number of aliphatic hydroxyl groups excluding tert-OH is 5. The zero-order chi connectivity index (χ0) is 51.9. The molecule has 8 rings (SSSR count). The number of hydrogen-bond donors (Lipinski definition) is 7. The number of ether oxygens (including phenoxy) is 7. The molecule has 2 saturated carbocycles. The molecule has 0 radical (unpaired) electrons. The first kappa shape index (κ1) is 52.4. The Labute approximate surface area is 413 Å². The summed E-state index contributed by atoms with van der Waals surface area (Å²) in [5.74, 6) is -8.04. The Morgan fingerprint density at radius 2 is 1.49 bits per heavy atom. The lowest BCUT2D eigenvalue weighted by Gasteiger charge is -2.65. The summed E-state index contributed by atoms with van der Waals surface area (Å²) in [6.07, 6.45) is -17.4. The first-order valence-corrected chi connectivity index (χ1v) is 23.7. The van der Waals surface area contributed by atoms with Gasteiger partial charge in [0.05, 0.1) is 36.2 Å². The Bertz CT molecular complexity index is 2540. The van der Waals surface area contributed by atoms with Crippen LogP contribution in [0.15, 0.2) is 102 Å². The number of carbonyl (C=O) groups excluding carboxylic acids is 6. The van der Waals surface area contributed by atoms with Crippen LogP contribution in [0.1, 0.15) is 79.3 Å². The fraction of sp³-hybridized carbons (Fsp3) is 0.500. The summed E-state index contributed by atoms with van der Waals surface area (Å²) in [4.78, 5) is 85.0. The summed E-state index contributed by atoms with van der Waals surface area (Å²) in [5, 5.41) is 68.7. The number of rotatable bonds is 14. The van der Waals surface area contributed by atoms with Crippen molar-refractivity contribution in [3.63, 3.8) is 0 Å². The Morgan fingerprint density at radius 3 is 2.08 bits per heavy atom. The van der Waals surface area contributed by atoms with Gasteiger partial charge < -0.3 is 69.1 Å². The van der Waals surface area contributed by atoms with Gasteiger partial charge in [-0.05, 0) is 49.2 Å². The van der Waals surface area contributed by atoms with Crippen LogP contribution in [-0.4, -0.2) is 158 Å². The second-order valence-electron chi connectivity index (χ2n) is 19.4. The predicted molar refractivity (Wildman–Crippen MR) is 246 cm³/mol. The van der Waals surface area contributed by atoms with E-state index < -0.39 is 151 Å². The number of aliphatic hydroxyl groups is 6. The summed E-state index contributed by atoms with van der Waals surface area (Å²) in [6, 6.07) is 22.8. The molecule has 20 heteroatoms. The van der Waals surface area contributed by atoms with Crippen LogP contribution in [0.25, 0.3) is 0 Å². The van der Waals surface area contributed by atoms with Gasteiger partial charge in [-0.25, -0.2) is 14.4 Å². The first-order chi connectivity index (χ1) is 34.2. The number of benzene rings is 3. The summed E-state index contributed by atoms with van der Waals surface area (Å²) in [6.45, 7) is 3.66. The molecule has 2 bridgehead atoms. The maximum Gasteiger partial charge on any atom is 0.338 e. The van der Waals surface area contributed by atoms with E-state index in [1.165, 1.54) is 19.1 Å². The standard InChI is InChI=1S/C52H59NO19/c1-26-32-21-51(65,22-33(26)68-48(64)40(58)38(29-14-8-5-9-15-29)53-46(62)30-16-10-6-11-17-30)45(71-47(63)31-18-12-7-13-19-31)43-50(4,44(61)27(32)2)35(20-36-52(43,25-67-36)72-28(3)55)70-37(56)24-66-49-42(60)41(59)39(57)34(23-54)69-49/h5-19,27,33-36,38-43,45,49,54,57-60,65H,20-25H2,1-4H3,(H,53,62)/t27-,33?,34?,35-,36-,38+,39?,40-,41?,42?,43?,45+,49?,50-,51-,52+/m1/s1. The molecular weight excluding hydrogens is 943 g/mol. The van der Waals surface area contributed by atoms with Crippen molar-refractivity contribution in [3.05, 3.63) is 119 Å². The fourth-order valence-electron chi connectivity index (χ4n) is 11.2. The van der Waals surface area contributed by atoms with Crippen molar-refractivity contribution in [1.29, 1.82) is 0 Å². The third-order valence-electron chi connectivity index (χ3n) is 15.0. The van der Waals surface area contributed by atoms with Crippen molar-refractivity contribution in [2.45, 2.75) is 125 Å². The highest BCUT2D eigenvalue weighted by Crippen LogP contribution is 2.62. The third kappa shape index (κ3) is 9.70. The average Bonchev–Trinajstić information content (AvgIpc) is 3.37. The van der Waals surface area contributed by atoms with E-state index in [1.54, 1.807) is 92.7 Å². The normalized spacial score (nSPS) is 34.8. The summed E-state index contributed by atoms with van der Waals surface area (Å²) >= 11 is 0. The van der Waals surface area contributed by atoms with Gasteiger partial charge in [-0.3, -0.25) is 14.4 Å². The van der Waals surface area contributed by atoms with Crippen LogP contribution in [0.3, 0.4) is 0 Å². The minimum Gasteiger partial charge on any atom is -0.459 e. The summed E-state index contributed by atoms with van der Waals surface area (Å²) < 4.78 is 41.6. The zero-order valence-electron chi connectivity index (χ0n) is 39.9. The Kier molecular flexibility index (Phi) is 15.2. The topological polar surface area (TPSA) is 300 Å². The molecule has 7 N–H and O–H groups in total. The average molecular weight is 1000 g/mol. The highest BCUT2D eigenvalue weighted by molar-refractivity contribution is 5.95. The molecule has 3 aliphatic carbocycles. The fourth-order valence-corrected chi connectivity index (χ4v) is 11.2. The van der Waals surface area contributed by atoms with Crippen LogP contribution in [-0.2, 0) is 52.3 Å². The van der Waals surface area contributed by atoms with E-state index in [0.717, 1.165) is 6.92 Å². The van der Waals surface area contributed by atoms with E-state index in [0.29, 0.717) is 11.1 Å². The van der Waals surface area contributed by atoms with Gasteiger partial charge in [-0.15, -0.1) is 0 Å². The lowest BCUT2D eigenvalue weighted by Crippen LogP contribution is -2.80. The van der Waals surface area contributed by atoms with E-state index in [1.807, 2.05) is 0 Å². The number of Topliss-reactive ketones (excluding diaryl/α,β-unsaturated/α-hetero) is 1. The lowest BCUT2D eigenvalue weighted by atomic mass is 9.47. The van der Waals surface area contributed by atoms with Crippen molar-refractivity contribution < 1.29 is 92.6 Å². The molecule has 4 fully saturated rings. The highest BCUT2D eigenvalue weighted by Gasteiger charge is 2.76. The maximum absolute atomic E-state index is 15.7. The van der Waals surface area contributed by atoms with Gasteiger partial charge in [0.15, 0.2) is 18.0 Å². The number of carbonyl (C=O) groups is 6. The number of amides is 1. The quantitative estimate of drug-likeness (QED) is 0.0678. The molecule has 72 heavy (non-hydrogen) atoms. The van der Waals surface area contributed by atoms with Crippen molar-refractivity contribution >= 4 is 35.6 Å². The van der Waals surface area contributed by atoms with Crippen LogP contribution in [0.5, 0.6) is 0 Å². The molecule has 0 aromatic heterocycles. The van der Waals surface area contributed by atoms with Crippen LogP contribution >= 0.6 is 0 Å². The first-order valence-electron chi connectivity index (χ1n) is 23.7. The van der Waals surface area contributed by atoms with E-state index in [-0.39, 0.29) is 36.1 Å². The van der Waals surface area contributed by atoms with Gasteiger partial charge in [0, 0.05) is 37.7 Å². The van der Waals surface area contributed by atoms with Gasteiger partial charge in [-0.2, -0.15) is 0 Å². The zero-order valence-corrected chi connectivity index (χ0v) is 39.9. The van der Waals surface area contributed by atoms with Gasteiger partial charge in [0.1, 0.15) is 66.8 Å². The summed E-state index contributed by atoms with van der Waals surface area (Å²) in [7, 11) is 0. The molecule has 1 amide bonds.